The van der Waals surface area contributed by atoms with E-state index in [0.717, 1.165) is 23.5 Å². The van der Waals surface area contributed by atoms with Crippen LogP contribution in [0.2, 0.25) is 0 Å². The summed E-state index contributed by atoms with van der Waals surface area (Å²) in [6, 6.07) is 9.96. The Kier molecular flexibility index (Phi) is 5.05. The fourth-order valence-corrected chi connectivity index (χ4v) is 2.74. The molecule has 0 saturated carbocycles. The summed E-state index contributed by atoms with van der Waals surface area (Å²) in [5.41, 5.74) is 2.12. The van der Waals surface area contributed by atoms with Gasteiger partial charge in [0.25, 0.3) is 0 Å². The minimum absolute atomic E-state index is 0.108. The van der Waals surface area contributed by atoms with Gasteiger partial charge in [-0.15, -0.1) is 11.3 Å². The van der Waals surface area contributed by atoms with Gasteiger partial charge in [-0.2, -0.15) is 0 Å². The number of anilines is 1. The normalized spacial score (nSPS) is 9.75. The van der Waals surface area contributed by atoms with Crippen molar-refractivity contribution < 1.29 is 9.84 Å². The lowest BCUT2D eigenvalue weighted by Crippen LogP contribution is -2.15. The van der Waals surface area contributed by atoms with Crippen LogP contribution < -0.4 is 9.64 Å². The number of thiophene rings is 1. The van der Waals surface area contributed by atoms with Crippen molar-refractivity contribution in [2.45, 2.75) is 6.54 Å². The molecule has 3 nitrogen and oxygen atoms in total. The molecule has 0 unspecified atom stereocenters. The van der Waals surface area contributed by atoms with Crippen LogP contribution in [0.3, 0.4) is 0 Å². The maximum absolute atomic E-state index is 8.77. The summed E-state index contributed by atoms with van der Waals surface area (Å²) in [5.74, 6) is 6.53. The van der Waals surface area contributed by atoms with E-state index in [2.05, 4.69) is 16.7 Å². The molecule has 0 radical (unpaired) electrons. The summed E-state index contributed by atoms with van der Waals surface area (Å²) in [6.07, 6.45) is 0. The predicted molar refractivity (Wildman–Crippen MR) is 83.4 cm³/mol. The molecule has 0 aliphatic rings. The first-order valence-electron chi connectivity index (χ1n) is 6.26. The van der Waals surface area contributed by atoms with Gasteiger partial charge in [-0.05, 0) is 35.7 Å². The van der Waals surface area contributed by atoms with Crippen LogP contribution in [0.4, 0.5) is 5.69 Å². The summed E-state index contributed by atoms with van der Waals surface area (Å²) in [7, 11) is 3.71. The fraction of sp³-hybridized carbons (Fsp3) is 0.250. The third kappa shape index (κ3) is 3.53. The van der Waals surface area contributed by atoms with E-state index in [1.54, 1.807) is 18.4 Å². The van der Waals surface area contributed by atoms with E-state index in [9.17, 15) is 0 Å². The third-order valence-corrected chi connectivity index (χ3v) is 3.85. The van der Waals surface area contributed by atoms with Gasteiger partial charge < -0.3 is 14.7 Å². The second kappa shape index (κ2) is 6.99. The van der Waals surface area contributed by atoms with Crippen molar-refractivity contribution in [2.24, 2.45) is 0 Å². The summed E-state index contributed by atoms with van der Waals surface area (Å²) < 4.78 is 5.16. The number of ether oxygens (including phenoxy) is 1. The smallest absolute Gasteiger partial charge is 0.119 e. The number of benzene rings is 1. The molecule has 1 N–H and O–H groups in total. The molecule has 0 amide bonds. The molecular weight excluding hydrogens is 270 g/mol. The molecule has 0 fully saturated rings. The zero-order valence-electron chi connectivity index (χ0n) is 11.6. The largest absolute Gasteiger partial charge is 0.497 e. The maximum atomic E-state index is 8.77. The van der Waals surface area contributed by atoms with Crippen LogP contribution in [-0.4, -0.2) is 25.9 Å². The number of methoxy groups -OCH3 is 1. The standard InChI is InChI=1S/C16H17NO2S/c1-17(14-5-7-15(19-2)8-6-14)12-16-13(4-3-10-18)9-11-20-16/h5-9,11,18H,10,12H2,1-2H3. The van der Waals surface area contributed by atoms with Crippen molar-refractivity contribution in [1.82, 2.24) is 0 Å². The molecule has 104 valence electrons. The second-order valence-corrected chi connectivity index (χ2v) is 5.27. The Bertz CT molecular complexity index is 607. The van der Waals surface area contributed by atoms with Crippen LogP contribution in [0.25, 0.3) is 0 Å². The minimum atomic E-state index is -0.108. The second-order valence-electron chi connectivity index (χ2n) is 4.27. The van der Waals surface area contributed by atoms with Crippen LogP contribution in [0.5, 0.6) is 5.75 Å². The van der Waals surface area contributed by atoms with E-state index in [-0.39, 0.29) is 6.61 Å². The highest BCUT2D eigenvalue weighted by molar-refractivity contribution is 7.10. The Morgan fingerprint density at radius 3 is 2.65 bits per heavy atom. The number of aliphatic hydroxyl groups is 1. The third-order valence-electron chi connectivity index (χ3n) is 2.94. The Balaban J connectivity index is 2.10. The monoisotopic (exact) mass is 287 g/mol. The van der Waals surface area contributed by atoms with Gasteiger partial charge in [-0.25, -0.2) is 0 Å². The lowest BCUT2D eigenvalue weighted by Gasteiger charge is -2.19. The summed E-state index contributed by atoms with van der Waals surface area (Å²) in [4.78, 5) is 3.36. The highest BCUT2D eigenvalue weighted by Gasteiger charge is 2.07. The van der Waals surface area contributed by atoms with Crippen LogP contribution in [0.15, 0.2) is 35.7 Å². The molecule has 0 saturated heterocycles. The summed E-state index contributed by atoms with van der Waals surface area (Å²) >= 11 is 1.68. The van der Waals surface area contributed by atoms with Crippen molar-refractivity contribution in [3.63, 3.8) is 0 Å². The Hall–Kier alpha value is -1.96. The first-order valence-corrected chi connectivity index (χ1v) is 7.14. The van der Waals surface area contributed by atoms with Crippen LogP contribution in [-0.2, 0) is 6.54 Å². The first kappa shape index (κ1) is 14.4. The van der Waals surface area contributed by atoms with Gasteiger partial charge >= 0.3 is 0 Å². The quantitative estimate of drug-likeness (QED) is 0.878. The highest BCUT2D eigenvalue weighted by atomic mass is 32.1. The maximum Gasteiger partial charge on any atom is 0.119 e. The average molecular weight is 287 g/mol. The highest BCUT2D eigenvalue weighted by Crippen LogP contribution is 2.23. The molecular formula is C16H17NO2S. The molecule has 1 heterocycles. The zero-order chi connectivity index (χ0) is 14.4. The molecule has 0 spiro atoms. The van der Waals surface area contributed by atoms with Crippen molar-refractivity contribution >= 4 is 17.0 Å². The van der Waals surface area contributed by atoms with Crippen LogP contribution >= 0.6 is 11.3 Å². The van der Waals surface area contributed by atoms with Crippen LogP contribution in [0, 0.1) is 11.8 Å². The zero-order valence-corrected chi connectivity index (χ0v) is 12.4. The number of nitrogens with zero attached hydrogens (tertiary/aromatic N) is 1. The van der Waals surface area contributed by atoms with Gasteiger partial charge in [-0.1, -0.05) is 11.8 Å². The van der Waals surface area contributed by atoms with Gasteiger partial charge in [0.15, 0.2) is 0 Å². The van der Waals surface area contributed by atoms with E-state index in [4.69, 9.17) is 9.84 Å². The molecule has 4 heteroatoms. The van der Waals surface area contributed by atoms with Gasteiger partial charge in [0.1, 0.15) is 12.4 Å². The number of hydrogen-bond donors (Lipinski definition) is 1. The first-order chi connectivity index (χ1) is 9.74. The van der Waals surface area contributed by atoms with Crippen molar-refractivity contribution in [3.05, 3.63) is 46.2 Å². The Morgan fingerprint density at radius 1 is 1.25 bits per heavy atom. The van der Waals surface area contributed by atoms with Gasteiger partial charge in [0.2, 0.25) is 0 Å². The summed E-state index contributed by atoms with van der Waals surface area (Å²) in [5, 5.41) is 10.8. The van der Waals surface area contributed by atoms with E-state index < -0.39 is 0 Å². The number of rotatable bonds is 4. The van der Waals surface area contributed by atoms with E-state index in [1.165, 1.54) is 4.88 Å². The molecule has 0 aliphatic heterocycles. The Morgan fingerprint density at radius 2 is 2.00 bits per heavy atom. The Labute approximate surface area is 123 Å². The van der Waals surface area contributed by atoms with Crippen molar-refractivity contribution in [3.8, 4) is 17.6 Å². The van der Waals surface area contributed by atoms with E-state index >= 15 is 0 Å². The van der Waals surface area contributed by atoms with Crippen molar-refractivity contribution in [2.75, 3.05) is 25.7 Å². The molecule has 2 aromatic rings. The van der Waals surface area contributed by atoms with Crippen molar-refractivity contribution in [1.29, 1.82) is 0 Å². The van der Waals surface area contributed by atoms with Crippen LogP contribution in [0.1, 0.15) is 10.4 Å². The lowest BCUT2D eigenvalue weighted by molar-refractivity contribution is 0.350. The van der Waals surface area contributed by atoms with Gasteiger partial charge in [0.05, 0.1) is 13.7 Å². The minimum Gasteiger partial charge on any atom is -0.497 e. The molecule has 0 atom stereocenters. The molecule has 0 bridgehead atoms. The molecule has 1 aromatic carbocycles. The van der Waals surface area contributed by atoms with E-state index in [1.807, 2.05) is 42.8 Å². The molecule has 20 heavy (non-hydrogen) atoms. The topological polar surface area (TPSA) is 32.7 Å². The SMILES string of the molecule is COc1ccc(N(C)Cc2sccc2C#CCO)cc1. The summed E-state index contributed by atoms with van der Waals surface area (Å²) in [6.45, 7) is 0.684. The fourth-order valence-electron chi connectivity index (χ4n) is 1.85. The average Bonchev–Trinajstić information content (AvgIpc) is 2.92. The number of aliphatic hydroxyl groups excluding tert-OH is 1. The number of hydrogen-bond acceptors (Lipinski definition) is 4. The van der Waals surface area contributed by atoms with Gasteiger partial charge in [-0.3, -0.25) is 0 Å². The molecule has 2 rings (SSSR count). The van der Waals surface area contributed by atoms with E-state index in [0.29, 0.717) is 0 Å². The predicted octanol–water partition coefficient (Wildman–Crippen LogP) is 2.74. The molecule has 0 aliphatic carbocycles. The lowest BCUT2D eigenvalue weighted by atomic mass is 10.2. The molecule has 1 aromatic heterocycles. The van der Waals surface area contributed by atoms with Gasteiger partial charge in [0, 0.05) is 23.2 Å².